The van der Waals surface area contributed by atoms with E-state index >= 15 is 0 Å². The molecule has 33 heavy (non-hydrogen) atoms. The minimum absolute atomic E-state index is 0.0148. The van der Waals surface area contributed by atoms with Crippen molar-refractivity contribution in [3.63, 3.8) is 0 Å². The standard InChI is InChI=1S/C23H26N4O5S/c1-3-21(28)24-17-8-10-18(11-9-17)33(29,30)27-14-12-16(13-15-27)22-25-26-23(32-22)19-6-4-5-7-20(19)31-2/h4-11,16H,3,12-15H2,1-2H3,(H,24,28). The summed E-state index contributed by atoms with van der Waals surface area (Å²) in [6.07, 6.45) is 1.52. The summed E-state index contributed by atoms with van der Waals surface area (Å²) in [7, 11) is -2.04. The van der Waals surface area contributed by atoms with E-state index in [1.165, 1.54) is 16.4 Å². The number of aromatic nitrogens is 2. The van der Waals surface area contributed by atoms with Crippen molar-refractivity contribution < 1.29 is 22.4 Å². The highest BCUT2D eigenvalue weighted by Gasteiger charge is 2.32. The summed E-state index contributed by atoms with van der Waals surface area (Å²) in [4.78, 5) is 11.7. The molecule has 10 heteroatoms. The van der Waals surface area contributed by atoms with E-state index in [9.17, 15) is 13.2 Å². The van der Waals surface area contributed by atoms with Crippen molar-refractivity contribution in [2.45, 2.75) is 37.0 Å². The third-order valence-electron chi connectivity index (χ3n) is 5.68. The van der Waals surface area contributed by atoms with Gasteiger partial charge in [0, 0.05) is 31.1 Å². The van der Waals surface area contributed by atoms with Gasteiger partial charge >= 0.3 is 0 Å². The monoisotopic (exact) mass is 470 g/mol. The van der Waals surface area contributed by atoms with Crippen molar-refractivity contribution in [2.24, 2.45) is 0 Å². The summed E-state index contributed by atoms with van der Waals surface area (Å²) >= 11 is 0. The Morgan fingerprint density at radius 1 is 1.12 bits per heavy atom. The SMILES string of the molecule is CCC(=O)Nc1ccc(S(=O)(=O)N2CCC(c3nnc(-c4ccccc4OC)o3)CC2)cc1. The normalized spacial score (nSPS) is 15.3. The highest BCUT2D eigenvalue weighted by Crippen LogP contribution is 2.34. The fraction of sp³-hybridized carbons (Fsp3) is 0.348. The third kappa shape index (κ3) is 4.91. The summed E-state index contributed by atoms with van der Waals surface area (Å²) in [6, 6.07) is 13.7. The van der Waals surface area contributed by atoms with Gasteiger partial charge in [-0.15, -0.1) is 10.2 Å². The van der Waals surface area contributed by atoms with Crippen LogP contribution in [0.4, 0.5) is 5.69 Å². The predicted octanol–water partition coefficient (Wildman–Crippen LogP) is 3.66. The van der Waals surface area contributed by atoms with E-state index in [4.69, 9.17) is 9.15 Å². The quantitative estimate of drug-likeness (QED) is 0.560. The summed E-state index contributed by atoms with van der Waals surface area (Å²) in [5, 5.41) is 11.1. The van der Waals surface area contributed by atoms with E-state index in [0.717, 1.165) is 5.56 Å². The molecule has 3 aromatic rings. The first-order chi connectivity index (χ1) is 15.9. The third-order valence-corrected chi connectivity index (χ3v) is 7.59. The number of para-hydroxylation sites is 1. The summed E-state index contributed by atoms with van der Waals surface area (Å²) in [5.41, 5.74) is 1.29. The van der Waals surface area contributed by atoms with E-state index in [-0.39, 0.29) is 16.7 Å². The van der Waals surface area contributed by atoms with Crippen LogP contribution in [0.15, 0.2) is 57.8 Å². The highest BCUT2D eigenvalue weighted by molar-refractivity contribution is 7.89. The predicted molar refractivity (Wildman–Crippen MR) is 122 cm³/mol. The number of nitrogens with zero attached hydrogens (tertiary/aromatic N) is 3. The van der Waals surface area contributed by atoms with Gasteiger partial charge < -0.3 is 14.5 Å². The molecule has 4 rings (SSSR count). The number of methoxy groups -OCH3 is 1. The van der Waals surface area contributed by atoms with Crippen LogP contribution < -0.4 is 10.1 Å². The van der Waals surface area contributed by atoms with E-state index in [1.54, 1.807) is 26.2 Å². The lowest BCUT2D eigenvalue weighted by Gasteiger charge is -2.29. The largest absolute Gasteiger partial charge is 0.496 e. The topological polar surface area (TPSA) is 115 Å². The Bertz CT molecular complexity index is 1220. The van der Waals surface area contributed by atoms with Gasteiger partial charge in [-0.1, -0.05) is 19.1 Å². The van der Waals surface area contributed by atoms with Gasteiger partial charge in [0.25, 0.3) is 5.89 Å². The zero-order valence-electron chi connectivity index (χ0n) is 18.5. The van der Waals surface area contributed by atoms with Crippen LogP contribution in [0.1, 0.15) is 38.0 Å². The van der Waals surface area contributed by atoms with Crippen LogP contribution in [0.5, 0.6) is 5.75 Å². The van der Waals surface area contributed by atoms with E-state index in [1.807, 2.05) is 24.3 Å². The molecule has 1 saturated heterocycles. The van der Waals surface area contributed by atoms with Crippen molar-refractivity contribution in [3.05, 3.63) is 54.4 Å². The van der Waals surface area contributed by atoms with Crippen LogP contribution in [0.2, 0.25) is 0 Å². The van der Waals surface area contributed by atoms with Crippen LogP contribution in [-0.4, -0.2) is 49.0 Å². The van der Waals surface area contributed by atoms with Gasteiger partial charge in [0.05, 0.1) is 17.6 Å². The molecular formula is C23H26N4O5S. The fourth-order valence-corrected chi connectivity index (χ4v) is 5.25. The van der Waals surface area contributed by atoms with Crippen LogP contribution >= 0.6 is 0 Å². The molecule has 0 unspecified atom stereocenters. The second kappa shape index (κ2) is 9.72. The van der Waals surface area contributed by atoms with E-state index in [2.05, 4.69) is 15.5 Å². The van der Waals surface area contributed by atoms with E-state index < -0.39 is 10.0 Å². The molecule has 174 valence electrons. The van der Waals surface area contributed by atoms with Crippen molar-refractivity contribution in [2.75, 3.05) is 25.5 Å². The molecule has 1 aliphatic heterocycles. The van der Waals surface area contributed by atoms with Crippen LogP contribution in [0.25, 0.3) is 11.5 Å². The second-order valence-corrected chi connectivity index (χ2v) is 9.69. The molecule has 1 aliphatic rings. The summed E-state index contributed by atoms with van der Waals surface area (Å²) in [6.45, 7) is 2.47. The molecular weight excluding hydrogens is 444 g/mol. The number of benzene rings is 2. The van der Waals surface area contributed by atoms with Gasteiger partial charge in [-0.2, -0.15) is 4.31 Å². The Morgan fingerprint density at radius 2 is 1.82 bits per heavy atom. The molecule has 0 saturated carbocycles. The molecule has 2 heterocycles. The molecule has 2 aromatic carbocycles. The minimum Gasteiger partial charge on any atom is -0.496 e. The number of ether oxygens (including phenoxy) is 1. The fourth-order valence-electron chi connectivity index (χ4n) is 3.78. The second-order valence-electron chi connectivity index (χ2n) is 7.75. The van der Waals surface area contributed by atoms with Gasteiger partial charge in [-0.3, -0.25) is 4.79 Å². The lowest BCUT2D eigenvalue weighted by molar-refractivity contribution is -0.115. The Balaban J connectivity index is 1.41. The van der Waals surface area contributed by atoms with Gasteiger partial charge in [0.2, 0.25) is 21.8 Å². The number of anilines is 1. The van der Waals surface area contributed by atoms with Crippen molar-refractivity contribution in [1.82, 2.24) is 14.5 Å². The number of carbonyl (C=O) groups is 1. The van der Waals surface area contributed by atoms with Gasteiger partial charge in [0.15, 0.2) is 0 Å². The lowest BCUT2D eigenvalue weighted by Crippen LogP contribution is -2.37. The minimum atomic E-state index is -3.63. The number of piperidine rings is 1. The number of carbonyl (C=O) groups excluding carboxylic acids is 1. The number of sulfonamides is 1. The molecule has 0 aliphatic carbocycles. The number of hydrogen-bond acceptors (Lipinski definition) is 7. The van der Waals surface area contributed by atoms with E-state index in [0.29, 0.717) is 55.6 Å². The lowest BCUT2D eigenvalue weighted by atomic mass is 9.98. The van der Waals surface area contributed by atoms with Gasteiger partial charge in [-0.25, -0.2) is 8.42 Å². The molecule has 0 bridgehead atoms. The smallest absolute Gasteiger partial charge is 0.251 e. The van der Waals surface area contributed by atoms with Crippen LogP contribution in [-0.2, 0) is 14.8 Å². The number of rotatable bonds is 7. The first-order valence-corrected chi connectivity index (χ1v) is 12.2. The molecule has 0 atom stereocenters. The summed E-state index contributed by atoms with van der Waals surface area (Å²) < 4.78 is 38.8. The molecule has 1 fully saturated rings. The zero-order chi connectivity index (χ0) is 23.4. The first-order valence-electron chi connectivity index (χ1n) is 10.8. The number of nitrogens with one attached hydrogen (secondary N) is 1. The zero-order valence-corrected chi connectivity index (χ0v) is 19.3. The maximum atomic E-state index is 13.1. The maximum Gasteiger partial charge on any atom is 0.251 e. The molecule has 1 N–H and O–H groups in total. The average molecular weight is 471 g/mol. The van der Waals surface area contributed by atoms with Crippen molar-refractivity contribution in [3.8, 4) is 17.2 Å². The number of amides is 1. The Kier molecular flexibility index (Phi) is 6.75. The molecule has 0 spiro atoms. The Morgan fingerprint density at radius 3 is 2.48 bits per heavy atom. The highest BCUT2D eigenvalue weighted by atomic mass is 32.2. The molecule has 9 nitrogen and oxygen atoms in total. The van der Waals surface area contributed by atoms with Gasteiger partial charge in [-0.05, 0) is 49.2 Å². The van der Waals surface area contributed by atoms with Crippen molar-refractivity contribution >= 4 is 21.6 Å². The number of hydrogen-bond donors (Lipinski definition) is 1. The van der Waals surface area contributed by atoms with Crippen LogP contribution in [0, 0.1) is 0 Å². The van der Waals surface area contributed by atoms with Crippen LogP contribution in [0.3, 0.4) is 0 Å². The van der Waals surface area contributed by atoms with Gasteiger partial charge in [0.1, 0.15) is 5.75 Å². The molecule has 0 radical (unpaired) electrons. The Labute approximate surface area is 192 Å². The maximum absolute atomic E-state index is 13.1. The van der Waals surface area contributed by atoms with Crippen molar-refractivity contribution in [1.29, 1.82) is 0 Å². The molecule has 1 aromatic heterocycles. The average Bonchev–Trinajstić information content (AvgIpc) is 3.34. The first kappa shape index (κ1) is 22.9. The Hall–Kier alpha value is -3.24. The molecule has 1 amide bonds. The summed E-state index contributed by atoms with van der Waals surface area (Å²) in [5.74, 6) is 1.40.